The average Bonchev–Trinajstić information content (AvgIpc) is 2.97. The Labute approximate surface area is 145 Å². The number of imidazole rings is 1. The highest BCUT2D eigenvalue weighted by atomic mass is 16.2. The number of nitrogens with two attached hydrogens (primary N) is 1. The number of Topliss-reactive ketones (excluding diaryl/α,β-unsaturated/α-hetero) is 1. The third kappa shape index (κ3) is 3.10. The molecule has 128 valence electrons. The van der Waals surface area contributed by atoms with E-state index in [1.165, 1.54) is 6.92 Å². The number of amides is 1. The molecule has 0 aliphatic heterocycles. The molecule has 6 nitrogen and oxygen atoms in total. The van der Waals surface area contributed by atoms with E-state index in [0.29, 0.717) is 23.6 Å². The van der Waals surface area contributed by atoms with Crippen molar-refractivity contribution < 1.29 is 9.59 Å². The maximum atomic E-state index is 12.3. The van der Waals surface area contributed by atoms with Crippen LogP contribution in [-0.4, -0.2) is 27.6 Å². The molecule has 3 rings (SSSR count). The molecule has 0 fully saturated rings. The molecule has 1 amide bonds. The number of benzene rings is 1. The van der Waals surface area contributed by atoms with Gasteiger partial charge in [0, 0.05) is 23.9 Å². The second-order valence-electron chi connectivity index (χ2n) is 5.85. The SMILES string of the molecule is CCCNC(=O)c1nc2c(-c3cccc(C(C)=O)c3)cccn2c1N. The first-order valence-electron chi connectivity index (χ1n) is 8.19. The zero-order valence-electron chi connectivity index (χ0n) is 14.2. The number of nitrogen functional groups attached to an aromatic ring is 1. The summed E-state index contributed by atoms with van der Waals surface area (Å²) in [5, 5.41) is 2.79. The Morgan fingerprint density at radius 2 is 2.04 bits per heavy atom. The topological polar surface area (TPSA) is 89.5 Å². The molecule has 3 aromatic rings. The number of fused-ring (bicyclic) bond motifs is 1. The summed E-state index contributed by atoms with van der Waals surface area (Å²) < 4.78 is 1.69. The largest absolute Gasteiger partial charge is 0.383 e. The summed E-state index contributed by atoms with van der Waals surface area (Å²) in [6, 6.07) is 11.1. The zero-order valence-corrected chi connectivity index (χ0v) is 14.2. The van der Waals surface area contributed by atoms with Crippen LogP contribution in [0.15, 0.2) is 42.6 Å². The molecule has 6 heteroatoms. The Morgan fingerprint density at radius 1 is 1.24 bits per heavy atom. The van der Waals surface area contributed by atoms with Gasteiger partial charge in [-0.2, -0.15) is 0 Å². The normalized spacial score (nSPS) is 10.8. The molecule has 0 atom stereocenters. The number of carbonyl (C=O) groups is 2. The minimum Gasteiger partial charge on any atom is -0.383 e. The zero-order chi connectivity index (χ0) is 18.0. The molecule has 3 N–H and O–H groups in total. The highest BCUT2D eigenvalue weighted by molar-refractivity contribution is 5.99. The number of pyridine rings is 1. The predicted octanol–water partition coefficient (Wildman–Crippen LogP) is 2.93. The first-order chi connectivity index (χ1) is 12.0. The van der Waals surface area contributed by atoms with E-state index in [9.17, 15) is 9.59 Å². The maximum Gasteiger partial charge on any atom is 0.273 e. The van der Waals surface area contributed by atoms with Gasteiger partial charge in [-0.3, -0.25) is 14.0 Å². The van der Waals surface area contributed by atoms with Gasteiger partial charge in [0.05, 0.1) is 0 Å². The summed E-state index contributed by atoms with van der Waals surface area (Å²) in [6.45, 7) is 4.08. The van der Waals surface area contributed by atoms with Crippen molar-refractivity contribution in [2.75, 3.05) is 12.3 Å². The maximum absolute atomic E-state index is 12.3. The van der Waals surface area contributed by atoms with E-state index < -0.39 is 0 Å². The monoisotopic (exact) mass is 336 g/mol. The first kappa shape index (κ1) is 16.7. The lowest BCUT2D eigenvalue weighted by Crippen LogP contribution is -2.25. The number of anilines is 1. The van der Waals surface area contributed by atoms with Gasteiger partial charge in [0.2, 0.25) is 0 Å². The molecule has 2 heterocycles. The minimum absolute atomic E-state index is 0.00344. The van der Waals surface area contributed by atoms with Crippen molar-refractivity contribution >= 4 is 23.2 Å². The van der Waals surface area contributed by atoms with Crippen LogP contribution in [0.4, 0.5) is 5.82 Å². The summed E-state index contributed by atoms with van der Waals surface area (Å²) in [4.78, 5) is 28.4. The fourth-order valence-electron chi connectivity index (χ4n) is 2.71. The molecular weight excluding hydrogens is 316 g/mol. The van der Waals surface area contributed by atoms with Gasteiger partial charge in [-0.15, -0.1) is 0 Å². The quantitative estimate of drug-likeness (QED) is 0.701. The van der Waals surface area contributed by atoms with Crippen LogP contribution in [0.25, 0.3) is 16.8 Å². The van der Waals surface area contributed by atoms with Crippen LogP contribution >= 0.6 is 0 Å². The Morgan fingerprint density at radius 3 is 2.76 bits per heavy atom. The van der Waals surface area contributed by atoms with Crippen molar-refractivity contribution in [1.82, 2.24) is 14.7 Å². The molecule has 0 bridgehead atoms. The number of carbonyl (C=O) groups excluding carboxylic acids is 2. The summed E-state index contributed by atoms with van der Waals surface area (Å²) in [5.41, 5.74) is 9.21. The van der Waals surface area contributed by atoms with Crippen LogP contribution in [0, 0.1) is 0 Å². The van der Waals surface area contributed by atoms with Crippen LogP contribution < -0.4 is 11.1 Å². The highest BCUT2D eigenvalue weighted by Crippen LogP contribution is 2.27. The fraction of sp³-hybridized carbons (Fsp3) is 0.211. The van der Waals surface area contributed by atoms with E-state index >= 15 is 0 Å². The van der Waals surface area contributed by atoms with Gasteiger partial charge in [0.1, 0.15) is 11.5 Å². The number of hydrogen-bond acceptors (Lipinski definition) is 4. The Bertz CT molecular complexity index is 959. The summed E-state index contributed by atoms with van der Waals surface area (Å²) in [6.07, 6.45) is 2.61. The summed E-state index contributed by atoms with van der Waals surface area (Å²) in [5.74, 6) is 0.0101. The van der Waals surface area contributed by atoms with Crippen LogP contribution in [-0.2, 0) is 0 Å². The number of nitrogens with one attached hydrogen (secondary N) is 1. The van der Waals surface area contributed by atoms with Crippen LogP contribution in [0.1, 0.15) is 41.1 Å². The summed E-state index contributed by atoms with van der Waals surface area (Å²) >= 11 is 0. The molecule has 0 radical (unpaired) electrons. The number of aromatic nitrogens is 2. The third-order valence-corrected chi connectivity index (χ3v) is 4.02. The van der Waals surface area contributed by atoms with Crippen molar-refractivity contribution in [3.63, 3.8) is 0 Å². The van der Waals surface area contributed by atoms with E-state index in [1.807, 2.05) is 37.3 Å². The standard InChI is InChI=1S/C19H20N4O2/c1-3-9-21-19(25)16-17(20)23-10-5-8-15(18(23)22-16)14-7-4-6-13(11-14)12(2)24/h4-8,10-11H,3,9,20H2,1-2H3,(H,21,25). The van der Waals surface area contributed by atoms with Gasteiger partial charge in [-0.25, -0.2) is 4.98 Å². The smallest absolute Gasteiger partial charge is 0.273 e. The van der Waals surface area contributed by atoms with Crippen molar-refractivity contribution in [1.29, 1.82) is 0 Å². The number of rotatable bonds is 5. The molecule has 0 unspecified atom stereocenters. The first-order valence-corrected chi connectivity index (χ1v) is 8.19. The van der Waals surface area contributed by atoms with Crippen LogP contribution in [0.2, 0.25) is 0 Å². The lowest BCUT2D eigenvalue weighted by Gasteiger charge is -2.06. The van der Waals surface area contributed by atoms with Gasteiger partial charge in [-0.1, -0.05) is 25.1 Å². The van der Waals surface area contributed by atoms with E-state index in [4.69, 9.17) is 5.73 Å². The van der Waals surface area contributed by atoms with E-state index in [-0.39, 0.29) is 17.4 Å². The van der Waals surface area contributed by atoms with Crippen molar-refractivity contribution in [3.05, 3.63) is 53.9 Å². The second-order valence-corrected chi connectivity index (χ2v) is 5.85. The summed E-state index contributed by atoms with van der Waals surface area (Å²) in [7, 11) is 0. The van der Waals surface area contributed by atoms with E-state index in [1.54, 1.807) is 16.7 Å². The van der Waals surface area contributed by atoms with E-state index in [0.717, 1.165) is 17.5 Å². The fourth-order valence-corrected chi connectivity index (χ4v) is 2.71. The van der Waals surface area contributed by atoms with Crippen LogP contribution in [0.5, 0.6) is 0 Å². The predicted molar refractivity (Wildman–Crippen MR) is 97.7 cm³/mol. The van der Waals surface area contributed by atoms with Gasteiger partial charge >= 0.3 is 0 Å². The molecule has 1 aromatic carbocycles. The highest BCUT2D eigenvalue weighted by Gasteiger charge is 2.18. The van der Waals surface area contributed by atoms with Crippen molar-refractivity contribution in [3.8, 4) is 11.1 Å². The molecular formula is C19H20N4O2. The third-order valence-electron chi connectivity index (χ3n) is 4.02. The average molecular weight is 336 g/mol. The molecule has 0 spiro atoms. The van der Waals surface area contributed by atoms with E-state index in [2.05, 4.69) is 10.3 Å². The minimum atomic E-state index is -0.286. The van der Waals surface area contributed by atoms with Crippen molar-refractivity contribution in [2.45, 2.75) is 20.3 Å². The molecule has 2 aromatic heterocycles. The van der Waals surface area contributed by atoms with Crippen molar-refractivity contribution in [2.24, 2.45) is 0 Å². The van der Waals surface area contributed by atoms with Gasteiger partial charge < -0.3 is 11.1 Å². The number of ketones is 1. The molecule has 25 heavy (non-hydrogen) atoms. The van der Waals surface area contributed by atoms with Crippen LogP contribution in [0.3, 0.4) is 0 Å². The number of hydrogen-bond donors (Lipinski definition) is 2. The Kier molecular flexibility index (Phi) is 4.52. The lowest BCUT2D eigenvalue weighted by molar-refractivity contribution is 0.0949. The van der Waals surface area contributed by atoms with Gasteiger partial charge in [-0.05, 0) is 37.1 Å². The molecule has 0 saturated heterocycles. The second kappa shape index (κ2) is 6.76. The van der Waals surface area contributed by atoms with Gasteiger partial charge in [0.25, 0.3) is 5.91 Å². The molecule has 0 aliphatic rings. The number of nitrogens with zero attached hydrogens (tertiary/aromatic N) is 2. The lowest BCUT2D eigenvalue weighted by atomic mass is 10.0. The Hall–Kier alpha value is -3.15. The molecule has 0 saturated carbocycles. The Balaban J connectivity index is 2.13. The molecule has 0 aliphatic carbocycles. The van der Waals surface area contributed by atoms with Gasteiger partial charge in [0.15, 0.2) is 11.5 Å².